The quantitative estimate of drug-likeness (QED) is 0.796. The number of nitrogens with zero attached hydrogens (tertiary/aromatic N) is 2. The highest BCUT2D eigenvalue weighted by Gasteiger charge is 2.11. The van der Waals surface area contributed by atoms with Crippen LogP contribution in [0.25, 0.3) is 0 Å². The van der Waals surface area contributed by atoms with Gasteiger partial charge in [-0.3, -0.25) is 4.79 Å². The average molecular weight is 292 g/mol. The molecule has 102 valence electrons. The molecule has 0 aliphatic rings. The van der Waals surface area contributed by atoms with Crippen LogP contribution in [0.4, 0.5) is 5.69 Å². The molecule has 1 rings (SSSR count). The molecule has 0 aliphatic heterocycles. The van der Waals surface area contributed by atoms with Crippen molar-refractivity contribution >= 4 is 29.1 Å². The molecule has 7 heteroatoms. The van der Waals surface area contributed by atoms with Crippen LogP contribution in [0, 0.1) is 0 Å². The van der Waals surface area contributed by atoms with Crippen LogP contribution < -0.4 is 10.9 Å². The molecule has 0 spiro atoms. The van der Waals surface area contributed by atoms with E-state index in [0.717, 1.165) is 16.9 Å². The lowest BCUT2D eigenvalue weighted by Crippen LogP contribution is -2.27. The Kier molecular flexibility index (Phi) is 6.52. The van der Waals surface area contributed by atoms with Crippen LogP contribution in [0.15, 0.2) is 11.0 Å². The van der Waals surface area contributed by atoms with Gasteiger partial charge in [0, 0.05) is 6.04 Å². The summed E-state index contributed by atoms with van der Waals surface area (Å²) in [4.78, 5) is 11.8. The molecule has 18 heavy (non-hydrogen) atoms. The molecule has 1 atom stereocenters. The highest BCUT2D eigenvalue weighted by Crippen LogP contribution is 2.17. The van der Waals surface area contributed by atoms with Gasteiger partial charge in [0.1, 0.15) is 5.02 Å². The van der Waals surface area contributed by atoms with Crippen LogP contribution in [0.3, 0.4) is 0 Å². The van der Waals surface area contributed by atoms with E-state index in [1.54, 1.807) is 11.8 Å². The number of anilines is 1. The van der Waals surface area contributed by atoms with Gasteiger partial charge in [-0.1, -0.05) is 11.6 Å². The maximum Gasteiger partial charge on any atom is 0.287 e. The minimum Gasteiger partial charge on any atom is -0.394 e. The fourth-order valence-corrected chi connectivity index (χ4v) is 2.24. The molecule has 1 heterocycles. The molecule has 0 radical (unpaired) electrons. The number of aliphatic hydroxyl groups is 1. The second-order valence-electron chi connectivity index (χ2n) is 3.95. The van der Waals surface area contributed by atoms with Gasteiger partial charge in [0.25, 0.3) is 5.56 Å². The van der Waals surface area contributed by atoms with E-state index in [1.165, 1.54) is 6.20 Å². The largest absolute Gasteiger partial charge is 0.394 e. The fourth-order valence-electron chi connectivity index (χ4n) is 1.45. The monoisotopic (exact) mass is 291 g/mol. The molecule has 0 amide bonds. The maximum absolute atomic E-state index is 11.8. The Morgan fingerprint density at radius 3 is 3.00 bits per heavy atom. The van der Waals surface area contributed by atoms with E-state index in [0.29, 0.717) is 5.69 Å². The standard InChI is InChI=1S/C11H18ClN3O2S/c1-8(3-6-18-2)14-9-7-13-15(4-5-16)11(17)10(9)12/h7-8,14,16H,3-6H2,1-2H3. The number of rotatable bonds is 7. The van der Waals surface area contributed by atoms with E-state index in [2.05, 4.69) is 16.7 Å². The van der Waals surface area contributed by atoms with E-state index < -0.39 is 0 Å². The number of aromatic nitrogens is 2. The average Bonchev–Trinajstić information content (AvgIpc) is 2.36. The lowest BCUT2D eigenvalue weighted by molar-refractivity contribution is 0.266. The summed E-state index contributed by atoms with van der Waals surface area (Å²) >= 11 is 7.76. The van der Waals surface area contributed by atoms with E-state index in [9.17, 15) is 4.79 Å². The minimum atomic E-state index is -0.382. The number of hydrogen-bond donors (Lipinski definition) is 2. The van der Waals surface area contributed by atoms with Crippen LogP contribution in [0.1, 0.15) is 13.3 Å². The molecule has 0 aliphatic carbocycles. The van der Waals surface area contributed by atoms with Gasteiger partial charge in [0.15, 0.2) is 0 Å². The van der Waals surface area contributed by atoms with Gasteiger partial charge in [-0.2, -0.15) is 16.9 Å². The summed E-state index contributed by atoms with van der Waals surface area (Å²) in [5, 5.41) is 16.0. The molecule has 0 bridgehead atoms. The molecule has 1 unspecified atom stereocenters. The predicted molar refractivity (Wildman–Crippen MR) is 76.7 cm³/mol. The van der Waals surface area contributed by atoms with Crippen molar-refractivity contribution in [2.45, 2.75) is 25.9 Å². The van der Waals surface area contributed by atoms with Gasteiger partial charge < -0.3 is 10.4 Å². The third kappa shape index (κ3) is 4.19. The van der Waals surface area contributed by atoms with Crippen LogP contribution >= 0.6 is 23.4 Å². The van der Waals surface area contributed by atoms with Gasteiger partial charge in [0.05, 0.1) is 25.0 Å². The second-order valence-corrected chi connectivity index (χ2v) is 5.31. The van der Waals surface area contributed by atoms with E-state index in [4.69, 9.17) is 16.7 Å². The van der Waals surface area contributed by atoms with E-state index >= 15 is 0 Å². The van der Waals surface area contributed by atoms with Gasteiger partial charge in [-0.15, -0.1) is 0 Å². The Balaban J connectivity index is 2.79. The summed E-state index contributed by atoms with van der Waals surface area (Å²) in [6.07, 6.45) is 4.56. The Morgan fingerprint density at radius 2 is 2.39 bits per heavy atom. The number of nitrogens with one attached hydrogen (secondary N) is 1. The highest BCUT2D eigenvalue weighted by molar-refractivity contribution is 7.98. The first-order valence-electron chi connectivity index (χ1n) is 5.72. The Morgan fingerprint density at radius 1 is 1.67 bits per heavy atom. The fraction of sp³-hybridized carbons (Fsp3) is 0.636. The molecule has 0 saturated heterocycles. The Bertz CT molecular complexity index is 439. The van der Waals surface area contributed by atoms with Gasteiger partial charge >= 0.3 is 0 Å². The summed E-state index contributed by atoms with van der Waals surface area (Å²) < 4.78 is 1.15. The number of aliphatic hydroxyl groups excluding tert-OH is 1. The highest BCUT2D eigenvalue weighted by atomic mass is 35.5. The number of thioether (sulfide) groups is 1. The summed E-state index contributed by atoms with van der Waals surface area (Å²) in [7, 11) is 0. The summed E-state index contributed by atoms with van der Waals surface area (Å²) in [6.45, 7) is 2.05. The minimum absolute atomic E-state index is 0.120. The molecule has 0 saturated carbocycles. The zero-order chi connectivity index (χ0) is 13.5. The van der Waals surface area contributed by atoms with Crippen molar-refractivity contribution in [2.24, 2.45) is 0 Å². The molecular formula is C11H18ClN3O2S. The van der Waals surface area contributed by atoms with Gasteiger partial charge in [-0.05, 0) is 25.4 Å². The van der Waals surface area contributed by atoms with Crippen molar-refractivity contribution in [2.75, 3.05) is 23.9 Å². The Hall–Kier alpha value is -0.720. The first kappa shape index (κ1) is 15.3. The lowest BCUT2D eigenvalue weighted by Gasteiger charge is -2.15. The van der Waals surface area contributed by atoms with Crippen molar-refractivity contribution in [1.82, 2.24) is 9.78 Å². The molecule has 1 aromatic heterocycles. The zero-order valence-electron chi connectivity index (χ0n) is 10.5. The van der Waals surface area contributed by atoms with Gasteiger partial charge in [0.2, 0.25) is 0 Å². The first-order chi connectivity index (χ1) is 8.60. The molecule has 5 nitrogen and oxygen atoms in total. The first-order valence-corrected chi connectivity index (χ1v) is 7.49. The van der Waals surface area contributed by atoms with Crippen molar-refractivity contribution in [3.05, 3.63) is 21.6 Å². The van der Waals surface area contributed by atoms with Crippen LogP contribution in [0.2, 0.25) is 5.02 Å². The number of hydrogen-bond acceptors (Lipinski definition) is 5. The third-order valence-corrected chi connectivity index (χ3v) is 3.46. The maximum atomic E-state index is 11.8. The molecule has 1 aromatic rings. The third-order valence-electron chi connectivity index (χ3n) is 2.45. The predicted octanol–water partition coefficient (Wildman–Crippen LogP) is 1.44. The lowest BCUT2D eigenvalue weighted by atomic mass is 10.2. The van der Waals surface area contributed by atoms with Crippen molar-refractivity contribution in [1.29, 1.82) is 0 Å². The van der Waals surface area contributed by atoms with Gasteiger partial charge in [-0.25, -0.2) is 4.68 Å². The zero-order valence-corrected chi connectivity index (χ0v) is 12.1. The van der Waals surface area contributed by atoms with E-state index in [-0.39, 0.29) is 29.8 Å². The second kappa shape index (κ2) is 7.66. The molecule has 2 N–H and O–H groups in total. The molecular weight excluding hydrogens is 274 g/mol. The van der Waals surface area contributed by atoms with Crippen LogP contribution in [0.5, 0.6) is 0 Å². The van der Waals surface area contributed by atoms with E-state index in [1.807, 2.05) is 6.92 Å². The summed E-state index contributed by atoms with van der Waals surface area (Å²) in [5.41, 5.74) is 0.164. The van der Waals surface area contributed by atoms with Crippen LogP contribution in [-0.4, -0.2) is 39.5 Å². The van der Waals surface area contributed by atoms with Crippen LogP contribution in [-0.2, 0) is 6.54 Å². The molecule has 0 aromatic carbocycles. The summed E-state index contributed by atoms with van der Waals surface area (Å²) in [5.74, 6) is 1.04. The van der Waals surface area contributed by atoms with Crippen molar-refractivity contribution in [3.63, 3.8) is 0 Å². The molecule has 0 fully saturated rings. The SMILES string of the molecule is CSCCC(C)Nc1cnn(CCO)c(=O)c1Cl. The topological polar surface area (TPSA) is 67.2 Å². The summed E-state index contributed by atoms with van der Waals surface area (Å²) in [6, 6.07) is 0.227. The normalized spacial score (nSPS) is 12.4. The van der Waals surface area contributed by atoms with Crippen molar-refractivity contribution in [3.8, 4) is 0 Å². The Labute approximate surface area is 116 Å². The van der Waals surface area contributed by atoms with Crippen molar-refractivity contribution < 1.29 is 5.11 Å². The smallest absolute Gasteiger partial charge is 0.287 e. The number of halogens is 1.